The number of hydrogen-bond donors (Lipinski definition) is 4. The molecule has 0 aliphatic rings. The van der Waals surface area contributed by atoms with E-state index in [0.29, 0.717) is 28.4 Å². The van der Waals surface area contributed by atoms with Crippen molar-refractivity contribution in [1.82, 2.24) is 5.32 Å². The Labute approximate surface area is 254 Å². The van der Waals surface area contributed by atoms with Gasteiger partial charge in [-0.2, -0.15) is 0 Å². The minimum Gasteiger partial charge on any atom is -0.366 e. The van der Waals surface area contributed by atoms with Gasteiger partial charge in [-0.15, -0.1) is 11.8 Å². The topological polar surface area (TPSA) is 130 Å². The molecule has 9 heteroatoms. The number of anilines is 2. The third kappa shape index (κ3) is 9.17. The maximum Gasteiger partial charge on any atom is 0.272 e. The van der Waals surface area contributed by atoms with Crippen LogP contribution in [-0.4, -0.2) is 29.4 Å². The fourth-order valence-corrected chi connectivity index (χ4v) is 4.68. The molecule has 0 fully saturated rings. The van der Waals surface area contributed by atoms with E-state index in [0.717, 1.165) is 10.5 Å². The Kier molecular flexibility index (Phi) is 10.5. The second-order valence-electron chi connectivity index (χ2n) is 9.96. The lowest BCUT2D eigenvalue weighted by atomic mass is 10.0. The lowest BCUT2D eigenvalue weighted by molar-refractivity contribution is -0.114. The molecule has 0 spiro atoms. The molecule has 0 saturated carbocycles. The SMILES string of the molecule is CC(C)c1ccc(/C=C(\NC(=O)c2ccccc2)C(=O)Nc2ccc(SCC(=O)Nc3ccc(C(N)=O)cc3)cc2)cc1. The van der Waals surface area contributed by atoms with Gasteiger partial charge in [-0.05, 0) is 83.8 Å². The molecule has 0 bridgehead atoms. The molecule has 0 radical (unpaired) electrons. The molecule has 0 aliphatic carbocycles. The van der Waals surface area contributed by atoms with Crippen LogP contribution in [0.15, 0.2) is 114 Å². The van der Waals surface area contributed by atoms with Crippen molar-refractivity contribution in [2.45, 2.75) is 24.7 Å². The molecule has 0 heterocycles. The number of nitrogens with two attached hydrogens (primary N) is 1. The smallest absolute Gasteiger partial charge is 0.272 e. The van der Waals surface area contributed by atoms with Crippen LogP contribution in [-0.2, 0) is 9.59 Å². The number of nitrogens with one attached hydrogen (secondary N) is 3. The summed E-state index contributed by atoms with van der Waals surface area (Å²) in [4.78, 5) is 50.6. The van der Waals surface area contributed by atoms with Crippen LogP contribution in [0, 0.1) is 0 Å². The molecular weight excluding hydrogens is 560 g/mol. The number of benzene rings is 4. The van der Waals surface area contributed by atoms with E-state index in [9.17, 15) is 19.2 Å². The van der Waals surface area contributed by atoms with E-state index in [1.807, 2.05) is 30.3 Å². The molecule has 0 aromatic heterocycles. The highest BCUT2D eigenvalue weighted by molar-refractivity contribution is 8.00. The summed E-state index contributed by atoms with van der Waals surface area (Å²) in [6, 6.07) is 29.9. The first-order valence-electron chi connectivity index (χ1n) is 13.6. The van der Waals surface area contributed by atoms with Gasteiger partial charge in [-0.3, -0.25) is 19.2 Å². The zero-order valence-corrected chi connectivity index (χ0v) is 24.6. The fourth-order valence-electron chi connectivity index (χ4n) is 3.98. The van der Waals surface area contributed by atoms with Crippen molar-refractivity contribution < 1.29 is 19.2 Å². The molecular formula is C34H32N4O4S. The van der Waals surface area contributed by atoms with Crippen molar-refractivity contribution in [2.75, 3.05) is 16.4 Å². The van der Waals surface area contributed by atoms with Gasteiger partial charge in [0.15, 0.2) is 0 Å². The first-order valence-corrected chi connectivity index (χ1v) is 14.6. The van der Waals surface area contributed by atoms with Crippen molar-refractivity contribution in [3.63, 3.8) is 0 Å². The summed E-state index contributed by atoms with van der Waals surface area (Å²) in [7, 11) is 0. The lowest BCUT2D eigenvalue weighted by Gasteiger charge is -2.12. The van der Waals surface area contributed by atoms with Gasteiger partial charge in [0.1, 0.15) is 5.70 Å². The summed E-state index contributed by atoms with van der Waals surface area (Å²) < 4.78 is 0. The van der Waals surface area contributed by atoms with E-state index in [2.05, 4.69) is 29.8 Å². The molecule has 4 aromatic carbocycles. The number of primary amides is 1. The van der Waals surface area contributed by atoms with Crippen LogP contribution in [0.5, 0.6) is 0 Å². The van der Waals surface area contributed by atoms with Crippen LogP contribution in [0.1, 0.15) is 51.6 Å². The van der Waals surface area contributed by atoms with Gasteiger partial charge in [0.25, 0.3) is 11.8 Å². The summed E-state index contributed by atoms with van der Waals surface area (Å²) >= 11 is 1.33. The Hall–Kier alpha value is -5.15. The molecule has 4 rings (SSSR count). The van der Waals surface area contributed by atoms with E-state index in [4.69, 9.17) is 5.73 Å². The summed E-state index contributed by atoms with van der Waals surface area (Å²) in [5, 5.41) is 8.37. The Bertz CT molecular complexity index is 1620. The van der Waals surface area contributed by atoms with Gasteiger partial charge in [0.05, 0.1) is 5.75 Å². The minimum absolute atomic E-state index is 0.102. The van der Waals surface area contributed by atoms with Crippen molar-refractivity contribution >= 4 is 52.8 Å². The average molecular weight is 593 g/mol. The quantitative estimate of drug-likeness (QED) is 0.124. The Morgan fingerprint density at radius 1 is 0.744 bits per heavy atom. The maximum atomic E-state index is 13.3. The summed E-state index contributed by atoms with van der Waals surface area (Å²) in [6.07, 6.45) is 1.64. The summed E-state index contributed by atoms with van der Waals surface area (Å²) in [5.74, 6) is -1.07. The normalized spacial score (nSPS) is 11.1. The van der Waals surface area contributed by atoms with E-state index in [-0.39, 0.29) is 17.4 Å². The molecule has 0 unspecified atom stereocenters. The van der Waals surface area contributed by atoms with Crippen LogP contribution in [0.4, 0.5) is 11.4 Å². The second kappa shape index (κ2) is 14.7. The molecule has 0 aliphatic heterocycles. The molecule has 8 nitrogen and oxygen atoms in total. The Balaban J connectivity index is 1.39. The third-order valence-electron chi connectivity index (χ3n) is 6.38. The number of amides is 4. The van der Waals surface area contributed by atoms with Crippen molar-refractivity contribution in [3.05, 3.63) is 131 Å². The van der Waals surface area contributed by atoms with Crippen molar-refractivity contribution in [2.24, 2.45) is 5.73 Å². The van der Waals surface area contributed by atoms with Gasteiger partial charge >= 0.3 is 0 Å². The highest BCUT2D eigenvalue weighted by atomic mass is 32.2. The van der Waals surface area contributed by atoms with E-state index >= 15 is 0 Å². The van der Waals surface area contributed by atoms with Crippen molar-refractivity contribution in [3.8, 4) is 0 Å². The van der Waals surface area contributed by atoms with Crippen LogP contribution >= 0.6 is 11.8 Å². The van der Waals surface area contributed by atoms with Gasteiger partial charge in [-0.1, -0.05) is 56.3 Å². The van der Waals surface area contributed by atoms with E-state index in [1.165, 1.54) is 17.3 Å². The molecule has 218 valence electrons. The molecule has 4 aromatic rings. The number of carbonyl (C=O) groups is 4. The van der Waals surface area contributed by atoms with Crippen LogP contribution < -0.4 is 21.7 Å². The van der Waals surface area contributed by atoms with Gasteiger partial charge < -0.3 is 21.7 Å². The maximum absolute atomic E-state index is 13.3. The predicted octanol–water partition coefficient (Wildman–Crippen LogP) is 6.05. The number of thioether (sulfide) groups is 1. The fraction of sp³-hybridized carbons (Fsp3) is 0.118. The van der Waals surface area contributed by atoms with Crippen molar-refractivity contribution in [1.29, 1.82) is 0 Å². The monoisotopic (exact) mass is 592 g/mol. The highest BCUT2D eigenvalue weighted by Gasteiger charge is 2.15. The Morgan fingerprint density at radius 2 is 1.35 bits per heavy atom. The largest absolute Gasteiger partial charge is 0.366 e. The standard InChI is InChI=1S/C34H32N4O4S/c1-22(2)24-10-8-23(9-11-24)20-30(38-33(41)26-6-4-3-5-7-26)34(42)37-28-16-18-29(19-17-28)43-21-31(39)36-27-14-12-25(13-15-27)32(35)40/h3-20,22H,21H2,1-2H3,(H2,35,40)(H,36,39)(H,37,42)(H,38,41)/b30-20-. The van der Waals surface area contributed by atoms with Gasteiger partial charge in [-0.25, -0.2) is 0 Å². The molecule has 43 heavy (non-hydrogen) atoms. The molecule has 0 saturated heterocycles. The second-order valence-corrected chi connectivity index (χ2v) is 11.0. The number of hydrogen-bond acceptors (Lipinski definition) is 5. The van der Waals surface area contributed by atoms with Crippen LogP contribution in [0.25, 0.3) is 6.08 Å². The predicted molar refractivity (Wildman–Crippen MR) is 172 cm³/mol. The lowest BCUT2D eigenvalue weighted by Crippen LogP contribution is -2.30. The molecule has 4 amide bonds. The van der Waals surface area contributed by atoms with E-state index < -0.39 is 17.7 Å². The first kappa shape index (κ1) is 30.8. The van der Waals surface area contributed by atoms with E-state index in [1.54, 1.807) is 78.9 Å². The third-order valence-corrected chi connectivity index (χ3v) is 7.39. The molecule has 5 N–H and O–H groups in total. The zero-order chi connectivity index (χ0) is 30.8. The Morgan fingerprint density at radius 3 is 1.95 bits per heavy atom. The minimum atomic E-state index is -0.534. The first-order chi connectivity index (χ1) is 20.7. The van der Waals surface area contributed by atoms with Crippen LogP contribution in [0.2, 0.25) is 0 Å². The molecule has 0 atom stereocenters. The van der Waals surface area contributed by atoms with Crippen LogP contribution in [0.3, 0.4) is 0 Å². The highest BCUT2D eigenvalue weighted by Crippen LogP contribution is 2.22. The zero-order valence-electron chi connectivity index (χ0n) is 23.8. The average Bonchev–Trinajstić information content (AvgIpc) is 3.01. The summed E-state index contributed by atoms with van der Waals surface area (Å²) in [6.45, 7) is 4.21. The van der Waals surface area contributed by atoms with Gasteiger partial charge in [0.2, 0.25) is 11.8 Å². The van der Waals surface area contributed by atoms with Gasteiger partial charge in [0, 0.05) is 27.4 Å². The number of rotatable bonds is 11. The number of carbonyl (C=O) groups excluding carboxylic acids is 4. The summed E-state index contributed by atoms with van der Waals surface area (Å²) in [5.41, 5.74) is 9.18.